The standard InChI is InChI=1S/C13H19N/c1-10(2)11-8-13(14,9-11)12-6-4-3-5-7-12/h3-7,10-11H,8-9,14H2,1-2H3. The molecule has 1 heteroatoms. The molecule has 1 nitrogen and oxygen atoms in total. The Morgan fingerprint density at radius 2 is 1.79 bits per heavy atom. The zero-order valence-electron chi connectivity index (χ0n) is 9.03. The largest absolute Gasteiger partial charge is 0.321 e. The molecule has 1 fully saturated rings. The van der Waals surface area contributed by atoms with Gasteiger partial charge in [0.2, 0.25) is 0 Å². The lowest BCUT2D eigenvalue weighted by atomic mass is 9.62. The molecule has 1 aliphatic rings. The van der Waals surface area contributed by atoms with Gasteiger partial charge in [0, 0.05) is 5.54 Å². The molecule has 0 saturated heterocycles. The van der Waals surface area contributed by atoms with Gasteiger partial charge in [0.1, 0.15) is 0 Å². The average molecular weight is 189 g/mol. The Labute approximate surface area is 86.3 Å². The zero-order valence-corrected chi connectivity index (χ0v) is 9.03. The van der Waals surface area contributed by atoms with Crippen LogP contribution in [0.1, 0.15) is 32.3 Å². The fourth-order valence-corrected chi connectivity index (χ4v) is 2.35. The van der Waals surface area contributed by atoms with E-state index in [2.05, 4.69) is 38.1 Å². The van der Waals surface area contributed by atoms with Crippen LogP contribution in [0.2, 0.25) is 0 Å². The summed E-state index contributed by atoms with van der Waals surface area (Å²) in [5, 5.41) is 0. The SMILES string of the molecule is CC(C)C1CC(N)(c2ccccc2)C1. The van der Waals surface area contributed by atoms with Crippen LogP contribution < -0.4 is 5.73 Å². The highest BCUT2D eigenvalue weighted by atomic mass is 14.8. The second kappa shape index (κ2) is 3.39. The minimum atomic E-state index is -0.0316. The van der Waals surface area contributed by atoms with Crippen LogP contribution in [0.3, 0.4) is 0 Å². The van der Waals surface area contributed by atoms with Gasteiger partial charge in [0.25, 0.3) is 0 Å². The van der Waals surface area contributed by atoms with Gasteiger partial charge < -0.3 is 5.73 Å². The Hall–Kier alpha value is -0.820. The van der Waals surface area contributed by atoms with Crippen LogP contribution in [0.4, 0.5) is 0 Å². The molecular weight excluding hydrogens is 170 g/mol. The predicted molar refractivity (Wildman–Crippen MR) is 59.9 cm³/mol. The second-order valence-corrected chi connectivity index (χ2v) is 4.93. The van der Waals surface area contributed by atoms with Crippen molar-refractivity contribution >= 4 is 0 Å². The van der Waals surface area contributed by atoms with E-state index in [0.717, 1.165) is 24.7 Å². The summed E-state index contributed by atoms with van der Waals surface area (Å²) in [7, 11) is 0. The van der Waals surface area contributed by atoms with Crippen molar-refractivity contribution in [3.8, 4) is 0 Å². The molecule has 0 bridgehead atoms. The first kappa shape index (κ1) is 9.72. The first-order valence-corrected chi connectivity index (χ1v) is 5.46. The molecule has 1 aromatic rings. The van der Waals surface area contributed by atoms with Crippen molar-refractivity contribution < 1.29 is 0 Å². The lowest BCUT2D eigenvalue weighted by molar-refractivity contribution is 0.105. The van der Waals surface area contributed by atoms with Crippen molar-refractivity contribution in [2.75, 3.05) is 0 Å². The molecule has 0 radical (unpaired) electrons. The number of hydrogen-bond donors (Lipinski definition) is 1. The van der Waals surface area contributed by atoms with Gasteiger partial charge in [-0.3, -0.25) is 0 Å². The van der Waals surface area contributed by atoms with E-state index < -0.39 is 0 Å². The normalized spacial score (nSPS) is 31.6. The number of nitrogens with two attached hydrogens (primary N) is 1. The molecular formula is C13H19N. The third kappa shape index (κ3) is 1.57. The summed E-state index contributed by atoms with van der Waals surface area (Å²) in [6, 6.07) is 10.5. The molecule has 0 atom stereocenters. The van der Waals surface area contributed by atoms with E-state index in [1.54, 1.807) is 0 Å². The van der Waals surface area contributed by atoms with Crippen LogP contribution in [0.25, 0.3) is 0 Å². The van der Waals surface area contributed by atoms with Crippen LogP contribution >= 0.6 is 0 Å². The highest BCUT2D eigenvalue weighted by Gasteiger charge is 2.42. The summed E-state index contributed by atoms with van der Waals surface area (Å²) >= 11 is 0. The molecule has 0 spiro atoms. The van der Waals surface area contributed by atoms with Crippen molar-refractivity contribution in [2.45, 2.75) is 32.2 Å². The first-order valence-electron chi connectivity index (χ1n) is 5.46. The van der Waals surface area contributed by atoms with Crippen LogP contribution in [0.15, 0.2) is 30.3 Å². The Bertz CT molecular complexity index is 296. The quantitative estimate of drug-likeness (QED) is 0.760. The minimum absolute atomic E-state index is 0.0316. The number of rotatable bonds is 2. The maximum absolute atomic E-state index is 6.35. The Morgan fingerprint density at radius 3 is 2.29 bits per heavy atom. The van der Waals surface area contributed by atoms with Gasteiger partial charge in [-0.2, -0.15) is 0 Å². The van der Waals surface area contributed by atoms with E-state index >= 15 is 0 Å². The third-order valence-electron chi connectivity index (χ3n) is 3.54. The van der Waals surface area contributed by atoms with Crippen molar-refractivity contribution in [1.29, 1.82) is 0 Å². The molecule has 2 N–H and O–H groups in total. The molecule has 1 aromatic carbocycles. The lowest BCUT2D eigenvalue weighted by Crippen LogP contribution is -2.50. The van der Waals surface area contributed by atoms with Crippen LogP contribution in [0.5, 0.6) is 0 Å². The second-order valence-electron chi connectivity index (χ2n) is 4.93. The van der Waals surface area contributed by atoms with E-state index in [4.69, 9.17) is 5.73 Å². The highest BCUT2D eigenvalue weighted by molar-refractivity contribution is 5.27. The monoisotopic (exact) mass is 189 g/mol. The summed E-state index contributed by atoms with van der Waals surface area (Å²) in [5.41, 5.74) is 7.62. The van der Waals surface area contributed by atoms with Crippen LogP contribution in [-0.2, 0) is 5.54 Å². The highest BCUT2D eigenvalue weighted by Crippen LogP contribution is 2.46. The lowest BCUT2D eigenvalue weighted by Gasteiger charge is -2.47. The van der Waals surface area contributed by atoms with Crippen molar-refractivity contribution in [3.05, 3.63) is 35.9 Å². The van der Waals surface area contributed by atoms with Gasteiger partial charge in [-0.15, -0.1) is 0 Å². The molecule has 0 aromatic heterocycles. The number of hydrogen-bond acceptors (Lipinski definition) is 1. The maximum Gasteiger partial charge on any atom is 0.0415 e. The van der Waals surface area contributed by atoms with Gasteiger partial charge in [0.05, 0.1) is 0 Å². The van der Waals surface area contributed by atoms with E-state index in [-0.39, 0.29) is 5.54 Å². The van der Waals surface area contributed by atoms with Crippen molar-refractivity contribution in [3.63, 3.8) is 0 Å². The van der Waals surface area contributed by atoms with Gasteiger partial charge in [-0.05, 0) is 30.2 Å². The van der Waals surface area contributed by atoms with Crippen molar-refractivity contribution in [1.82, 2.24) is 0 Å². The fraction of sp³-hybridized carbons (Fsp3) is 0.538. The summed E-state index contributed by atoms with van der Waals surface area (Å²) < 4.78 is 0. The van der Waals surface area contributed by atoms with Crippen LogP contribution in [0, 0.1) is 11.8 Å². The molecule has 1 saturated carbocycles. The Morgan fingerprint density at radius 1 is 1.21 bits per heavy atom. The first-order chi connectivity index (χ1) is 6.62. The molecule has 76 valence electrons. The summed E-state index contributed by atoms with van der Waals surface area (Å²) in [6.45, 7) is 4.57. The maximum atomic E-state index is 6.35. The molecule has 2 rings (SSSR count). The van der Waals surface area contributed by atoms with E-state index in [1.165, 1.54) is 5.56 Å². The summed E-state index contributed by atoms with van der Waals surface area (Å²) in [4.78, 5) is 0. The average Bonchev–Trinajstić information content (AvgIpc) is 2.14. The van der Waals surface area contributed by atoms with Crippen LogP contribution in [-0.4, -0.2) is 0 Å². The molecule has 0 heterocycles. The van der Waals surface area contributed by atoms with E-state index in [1.807, 2.05) is 6.07 Å². The molecule has 1 aliphatic carbocycles. The zero-order chi connectivity index (χ0) is 10.2. The third-order valence-corrected chi connectivity index (χ3v) is 3.54. The topological polar surface area (TPSA) is 26.0 Å². The summed E-state index contributed by atoms with van der Waals surface area (Å²) in [6.07, 6.45) is 2.30. The fourth-order valence-electron chi connectivity index (χ4n) is 2.35. The minimum Gasteiger partial charge on any atom is -0.321 e. The van der Waals surface area contributed by atoms with Gasteiger partial charge in [-0.1, -0.05) is 44.2 Å². The van der Waals surface area contributed by atoms with Gasteiger partial charge in [0.15, 0.2) is 0 Å². The van der Waals surface area contributed by atoms with Gasteiger partial charge >= 0.3 is 0 Å². The molecule has 0 amide bonds. The predicted octanol–water partition coefficient (Wildman–Crippen LogP) is 2.91. The van der Waals surface area contributed by atoms with E-state index in [9.17, 15) is 0 Å². The smallest absolute Gasteiger partial charge is 0.0415 e. The Kier molecular flexibility index (Phi) is 2.36. The molecule has 0 aliphatic heterocycles. The van der Waals surface area contributed by atoms with Crippen molar-refractivity contribution in [2.24, 2.45) is 17.6 Å². The van der Waals surface area contributed by atoms with E-state index in [0.29, 0.717) is 0 Å². The summed E-state index contributed by atoms with van der Waals surface area (Å²) in [5.74, 6) is 1.59. The number of benzene rings is 1. The van der Waals surface area contributed by atoms with Gasteiger partial charge in [-0.25, -0.2) is 0 Å². The molecule has 14 heavy (non-hydrogen) atoms. The molecule has 0 unspecified atom stereocenters. The Balaban J connectivity index is 2.08.